The molecule has 5 nitrogen and oxygen atoms in total. The minimum atomic E-state index is -0.809. The number of ether oxygens (including phenoxy) is 1. The zero-order valence-corrected chi connectivity index (χ0v) is 16.0. The number of hydrogen-bond donors (Lipinski definition) is 2. The van der Waals surface area contributed by atoms with Gasteiger partial charge in [0, 0.05) is 23.7 Å². The van der Waals surface area contributed by atoms with E-state index in [0.717, 1.165) is 11.1 Å². The van der Waals surface area contributed by atoms with E-state index in [-0.39, 0.29) is 13.1 Å². The molecule has 0 aromatic heterocycles. The minimum Gasteiger partial charge on any atom is -0.372 e. The highest BCUT2D eigenvalue weighted by Crippen LogP contribution is 2.26. The highest BCUT2D eigenvalue weighted by Gasteiger charge is 2.28. The van der Waals surface area contributed by atoms with E-state index in [1.165, 1.54) is 7.11 Å². The van der Waals surface area contributed by atoms with Crippen LogP contribution in [0.25, 0.3) is 0 Å². The molecule has 1 atom stereocenters. The maximum Gasteiger partial charge on any atom is 0.309 e. The zero-order chi connectivity index (χ0) is 19.2. The van der Waals surface area contributed by atoms with Crippen LogP contribution in [-0.2, 0) is 26.5 Å². The Morgan fingerprint density at radius 3 is 2.27 bits per heavy atom. The van der Waals surface area contributed by atoms with Crippen molar-refractivity contribution in [1.82, 2.24) is 10.6 Å². The number of hydrogen-bond acceptors (Lipinski definition) is 3. The predicted molar refractivity (Wildman–Crippen MR) is 102 cm³/mol. The van der Waals surface area contributed by atoms with Crippen LogP contribution >= 0.6 is 23.2 Å². The Balaban J connectivity index is 1.91. The Kier molecular flexibility index (Phi) is 7.03. The Labute approximate surface area is 162 Å². The van der Waals surface area contributed by atoms with Crippen molar-refractivity contribution < 1.29 is 14.3 Å². The summed E-state index contributed by atoms with van der Waals surface area (Å²) in [5.41, 5.74) is 0.836. The summed E-state index contributed by atoms with van der Waals surface area (Å²) < 4.78 is 5.53. The van der Waals surface area contributed by atoms with E-state index in [1.54, 1.807) is 42.5 Å². The molecule has 0 saturated carbocycles. The van der Waals surface area contributed by atoms with E-state index >= 15 is 0 Å². The molecule has 2 aromatic rings. The highest BCUT2D eigenvalue weighted by atomic mass is 35.5. The summed E-state index contributed by atoms with van der Waals surface area (Å²) in [7, 11) is 1.54. The van der Waals surface area contributed by atoms with E-state index in [2.05, 4.69) is 10.6 Å². The fraction of sp³-hybridized carbons (Fsp3) is 0.263. The predicted octanol–water partition coefficient (Wildman–Crippen LogP) is 3.29. The molecule has 0 fully saturated rings. The SMILES string of the molecule is COC(C)(CNC(=O)C(=O)NCc1ccc(Cl)cc1)c1cccc(Cl)c1. The van der Waals surface area contributed by atoms with Gasteiger partial charge < -0.3 is 15.4 Å². The van der Waals surface area contributed by atoms with Crippen LogP contribution in [0.1, 0.15) is 18.1 Å². The molecule has 2 N–H and O–H groups in total. The monoisotopic (exact) mass is 394 g/mol. The lowest BCUT2D eigenvalue weighted by Gasteiger charge is -2.29. The molecule has 0 saturated heterocycles. The molecule has 138 valence electrons. The van der Waals surface area contributed by atoms with E-state index in [0.29, 0.717) is 10.0 Å². The second kappa shape index (κ2) is 9.03. The van der Waals surface area contributed by atoms with Gasteiger partial charge in [-0.2, -0.15) is 0 Å². The van der Waals surface area contributed by atoms with Crippen LogP contribution in [0.2, 0.25) is 10.0 Å². The quantitative estimate of drug-likeness (QED) is 0.738. The molecular weight excluding hydrogens is 375 g/mol. The van der Waals surface area contributed by atoms with Crippen molar-refractivity contribution >= 4 is 35.0 Å². The second-order valence-electron chi connectivity index (χ2n) is 5.94. The van der Waals surface area contributed by atoms with Gasteiger partial charge in [-0.15, -0.1) is 0 Å². The van der Waals surface area contributed by atoms with Crippen molar-refractivity contribution in [2.24, 2.45) is 0 Å². The molecule has 1 unspecified atom stereocenters. The third kappa shape index (κ3) is 5.46. The Morgan fingerprint density at radius 2 is 1.65 bits per heavy atom. The average Bonchev–Trinajstić information content (AvgIpc) is 2.65. The first-order chi connectivity index (χ1) is 12.3. The van der Waals surface area contributed by atoms with E-state index in [9.17, 15) is 9.59 Å². The van der Waals surface area contributed by atoms with Gasteiger partial charge in [0.2, 0.25) is 0 Å². The fourth-order valence-electron chi connectivity index (χ4n) is 2.30. The zero-order valence-electron chi connectivity index (χ0n) is 14.5. The lowest BCUT2D eigenvalue weighted by atomic mass is 9.95. The largest absolute Gasteiger partial charge is 0.372 e. The van der Waals surface area contributed by atoms with Crippen LogP contribution in [0.15, 0.2) is 48.5 Å². The highest BCUT2D eigenvalue weighted by molar-refractivity contribution is 6.35. The topological polar surface area (TPSA) is 67.4 Å². The standard InChI is InChI=1S/C19H20Cl2N2O3/c1-19(26-2,14-4-3-5-16(21)10-14)12-23-18(25)17(24)22-11-13-6-8-15(20)9-7-13/h3-10H,11-12H2,1-2H3,(H,22,24)(H,23,25). The van der Waals surface area contributed by atoms with Crippen molar-refractivity contribution in [1.29, 1.82) is 0 Å². The van der Waals surface area contributed by atoms with Gasteiger partial charge in [-0.3, -0.25) is 9.59 Å². The minimum absolute atomic E-state index is 0.122. The number of carbonyl (C=O) groups is 2. The van der Waals surface area contributed by atoms with Gasteiger partial charge in [0.25, 0.3) is 0 Å². The first-order valence-electron chi connectivity index (χ1n) is 7.96. The van der Waals surface area contributed by atoms with Gasteiger partial charge >= 0.3 is 11.8 Å². The molecule has 0 heterocycles. The van der Waals surface area contributed by atoms with Crippen molar-refractivity contribution in [3.63, 3.8) is 0 Å². The first kappa shape index (κ1) is 20.2. The fourth-order valence-corrected chi connectivity index (χ4v) is 2.62. The van der Waals surface area contributed by atoms with Crippen LogP contribution in [-0.4, -0.2) is 25.5 Å². The molecular formula is C19H20Cl2N2O3. The summed E-state index contributed by atoms with van der Waals surface area (Å²) in [5, 5.41) is 6.34. The van der Waals surface area contributed by atoms with Crippen LogP contribution in [0, 0.1) is 0 Å². The van der Waals surface area contributed by atoms with Crippen LogP contribution in [0.3, 0.4) is 0 Å². The summed E-state index contributed by atoms with van der Waals surface area (Å²) >= 11 is 11.8. The molecule has 2 aromatic carbocycles. The normalized spacial score (nSPS) is 12.9. The van der Waals surface area contributed by atoms with E-state index < -0.39 is 17.4 Å². The third-order valence-corrected chi connectivity index (χ3v) is 4.53. The Morgan fingerprint density at radius 1 is 1.00 bits per heavy atom. The summed E-state index contributed by atoms with van der Waals surface area (Å²) in [6, 6.07) is 14.2. The number of halogens is 2. The van der Waals surface area contributed by atoms with Crippen molar-refractivity contribution in [2.75, 3.05) is 13.7 Å². The van der Waals surface area contributed by atoms with Gasteiger partial charge in [-0.05, 0) is 42.3 Å². The first-order valence-corrected chi connectivity index (χ1v) is 8.71. The van der Waals surface area contributed by atoms with Gasteiger partial charge in [0.15, 0.2) is 0 Å². The van der Waals surface area contributed by atoms with Crippen molar-refractivity contribution in [3.05, 3.63) is 69.7 Å². The number of carbonyl (C=O) groups excluding carboxylic acids is 2. The molecule has 7 heteroatoms. The average molecular weight is 395 g/mol. The van der Waals surface area contributed by atoms with E-state index in [1.807, 2.05) is 13.0 Å². The van der Waals surface area contributed by atoms with Gasteiger partial charge in [0.05, 0.1) is 6.54 Å². The van der Waals surface area contributed by atoms with Crippen LogP contribution in [0.5, 0.6) is 0 Å². The number of amides is 2. The lowest BCUT2D eigenvalue weighted by molar-refractivity contribution is -0.140. The van der Waals surface area contributed by atoms with Crippen molar-refractivity contribution in [2.45, 2.75) is 19.1 Å². The van der Waals surface area contributed by atoms with Crippen LogP contribution < -0.4 is 10.6 Å². The van der Waals surface area contributed by atoms with Crippen LogP contribution in [0.4, 0.5) is 0 Å². The number of nitrogens with one attached hydrogen (secondary N) is 2. The van der Waals surface area contributed by atoms with E-state index in [4.69, 9.17) is 27.9 Å². The molecule has 0 spiro atoms. The summed E-state index contributed by atoms with van der Waals surface area (Å²) in [6.45, 7) is 2.17. The van der Waals surface area contributed by atoms with Gasteiger partial charge in [0.1, 0.15) is 5.60 Å². The number of rotatable bonds is 6. The summed E-state index contributed by atoms with van der Waals surface area (Å²) in [6.07, 6.45) is 0. The molecule has 0 aliphatic carbocycles. The molecule has 0 bridgehead atoms. The molecule has 0 aliphatic rings. The van der Waals surface area contributed by atoms with Crippen molar-refractivity contribution in [3.8, 4) is 0 Å². The van der Waals surface area contributed by atoms with Gasteiger partial charge in [-0.25, -0.2) is 0 Å². The molecule has 2 amide bonds. The molecule has 26 heavy (non-hydrogen) atoms. The molecule has 0 aliphatic heterocycles. The third-order valence-electron chi connectivity index (χ3n) is 4.04. The lowest BCUT2D eigenvalue weighted by Crippen LogP contribution is -2.45. The maximum atomic E-state index is 12.1. The molecule has 0 radical (unpaired) electrons. The maximum absolute atomic E-state index is 12.1. The summed E-state index contributed by atoms with van der Waals surface area (Å²) in [5.74, 6) is -1.45. The van der Waals surface area contributed by atoms with Gasteiger partial charge in [-0.1, -0.05) is 47.5 Å². The number of methoxy groups -OCH3 is 1. The molecule has 2 rings (SSSR count). The second-order valence-corrected chi connectivity index (χ2v) is 6.81. The Bertz CT molecular complexity index is 781. The Hall–Kier alpha value is -2.08. The summed E-state index contributed by atoms with van der Waals surface area (Å²) in [4.78, 5) is 24.0. The smallest absolute Gasteiger partial charge is 0.309 e. The number of benzene rings is 2.